The lowest BCUT2D eigenvalue weighted by atomic mass is 10.0. The number of nitrogens with one attached hydrogen (secondary N) is 1. The molecule has 0 aliphatic carbocycles. The van der Waals surface area contributed by atoms with Gasteiger partial charge in [-0.25, -0.2) is 0 Å². The van der Waals surface area contributed by atoms with E-state index in [-0.39, 0.29) is 5.91 Å². The van der Waals surface area contributed by atoms with Gasteiger partial charge in [-0.3, -0.25) is 4.79 Å². The highest BCUT2D eigenvalue weighted by molar-refractivity contribution is 5.72. The normalized spacial score (nSPS) is 13.9. The lowest BCUT2D eigenvalue weighted by Crippen LogP contribution is -2.19. The molecule has 15 heavy (non-hydrogen) atoms. The first kappa shape index (κ1) is 10.0. The fourth-order valence-corrected chi connectivity index (χ4v) is 1.72. The Morgan fingerprint density at radius 2 is 2.40 bits per heavy atom. The van der Waals surface area contributed by atoms with Gasteiger partial charge in [-0.15, -0.1) is 0 Å². The second-order valence-corrected chi connectivity index (χ2v) is 3.80. The van der Waals surface area contributed by atoms with Crippen LogP contribution in [0.4, 0.5) is 0 Å². The SMILES string of the molecule is CC(=O)NCc1ccc2c(c1)OCCC2. The molecular weight excluding hydrogens is 190 g/mol. The van der Waals surface area contributed by atoms with E-state index in [0.717, 1.165) is 30.8 Å². The molecule has 1 aliphatic heterocycles. The van der Waals surface area contributed by atoms with Crippen molar-refractivity contribution in [2.24, 2.45) is 0 Å². The summed E-state index contributed by atoms with van der Waals surface area (Å²) in [7, 11) is 0. The molecular formula is C12H15NO2. The molecule has 1 aliphatic rings. The number of benzene rings is 1. The Bertz CT molecular complexity index is 374. The zero-order valence-electron chi connectivity index (χ0n) is 8.88. The van der Waals surface area contributed by atoms with E-state index in [1.165, 1.54) is 12.5 Å². The molecule has 1 heterocycles. The van der Waals surface area contributed by atoms with E-state index in [0.29, 0.717) is 6.54 Å². The Balaban J connectivity index is 2.10. The van der Waals surface area contributed by atoms with E-state index < -0.39 is 0 Å². The predicted molar refractivity (Wildman–Crippen MR) is 57.8 cm³/mol. The van der Waals surface area contributed by atoms with Gasteiger partial charge in [-0.1, -0.05) is 12.1 Å². The summed E-state index contributed by atoms with van der Waals surface area (Å²) in [6, 6.07) is 6.15. The number of hydrogen-bond acceptors (Lipinski definition) is 2. The Hall–Kier alpha value is -1.51. The minimum Gasteiger partial charge on any atom is -0.493 e. The van der Waals surface area contributed by atoms with Crippen molar-refractivity contribution < 1.29 is 9.53 Å². The van der Waals surface area contributed by atoms with Gasteiger partial charge in [0.1, 0.15) is 5.75 Å². The van der Waals surface area contributed by atoms with Gasteiger partial charge in [0.15, 0.2) is 0 Å². The maximum absolute atomic E-state index is 10.8. The van der Waals surface area contributed by atoms with Crippen LogP contribution in [0.25, 0.3) is 0 Å². The molecule has 1 aromatic carbocycles. The second kappa shape index (κ2) is 4.34. The molecule has 0 spiro atoms. The van der Waals surface area contributed by atoms with Crippen molar-refractivity contribution >= 4 is 5.91 Å². The van der Waals surface area contributed by atoms with Crippen LogP contribution in [-0.2, 0) is 17.8 Å². The van der Waals surface area contributed by atoms with E-state index in [1.54, 1.807) is 0 Å². The average Bonchev–Trinajstić information content (AvgIpc) is 2.26. The average molecular weight is 205 g/mol. The summed E-state index contributed by atoms with van der Waals surface area (Å²) in [6.45, 7) is 2.90. The lowest BCUT2D eigenvalue weighted by Gasteiger charge is -2.17. The number of rotatable bonds is 2. The second-order valence-electron chi connectivity index (χ2n) is 3.80. The van der Waals surface area contributed by atoms with Gasteiger partial charge >= 0.3 is 0 Å². The summed E-state index contributed by atoms with van der Waals surface area (Å²) in [5, 5.41) is 2.77. The van der Waals surface area contributed by atoms with Crippen molar-refractivity contribution in [3.8, 4) is 5.75 Å². The first-order valence-electron chi connectivity index (χ1n) is 5.25. The molecule has 80 valence electrons. The minimum atomic E-state index is -0.00589. The number of carbonyl (C=O) groups excluding carboxylic acids is 1. The number of carbonyl (C=O) groups is 1. The molecule has 0 radical (unpaired) electrons. The third-order valence-electron chi connectivity index (χ3n) is 2.52. The van der Waals surface area contributed by atoms with Crippen molar-refractivity contribution in [1.29, 1.82) is 0 Å². The van der Waals surface area contributed by atoms with E-state index in [1.807, 2.05) is 12.1 Å². The third-order valence-corrected chi connectivity index (χ3v) is 2.52. The van der Waals surface area contributed by atoms with Gasteiger partial charge in [0.05, 0.1) is 6.61 Å². The van der Waals surface area contributed by atoms with Crippen LogP contribution in [0.15, 0.2) is 18.2 Å². The lowest BCUT2D eigenvalue weighted by molar-refractivity contribution is -0.119. The van der Waals surface area contributed by atoms with Gasteiger partial charge in [-0.05, 0) is 30.0 Å². The van der Waals surface area contributed by atoms with E-state index in [2.05, 4.69) is 11.4 Å². The van der Waals surface area contributed by atoms with E-state index in [4.69, 9.17) is 4.74 Å². The van der Waals surface area contributed by atoms with Crippen molar-refractivity contribution in [3.63, 3.8) is 0 Å². The topological polar surface area (TPSA) is 38.3 Å². The van der Waals surface area contributed by atoms with Crippen molar-refractivity contribution in [1.82, 2.24) is 5.32 Å². The largest absolute Gasteiger partial charge is 0.493 e. The van der Waals surface area contributed by atoms with Crippen molar-refractivity contribution in [2.75, 3.05) is 6.61 Å². The van der Waals surface area contributed by atoms with Crippen LogP contribution in [0.5, 0.6) is 5.75 Å². The first-order chi connectivity index (χ1) is 7.25. The van der Waals surface area contributed by atoms with E-state index in [9.17, 15) is 4.79 Å². The Labute approximate surface area is 89.4 Å². The monoisotopic (exact) mass is 205 g/mol. The summed E-state index contributed by atoms with van der Waals surface area (Å²) >= 11 is 0. The number of amides is 1. The first-order valence-corrected chi connectivity index (χ1v) is 5.25. The Kier molecular flexibility index (Phi) is 2.90. The summed E-state index contributed by atoms with van der Waals surface area (Å²) in [4.78, 5) is 10.8. The van der Waals surface area contributed by atoms with Crippen LogP contribution in [0.2, 0.25) is 0 Å². The fraction of sp³-hybridized carbons (Fsp3) is 0.417. The van der Waals surface area contributed by atoms with Gasteiger partial charge in [0.2, 0.25) is 5.91 Å². The highest BCUT2D eigenvalue weighted by Crippen LogP contribution is 2.25. The van der Waals surface area contributed by atoms with Gasteiger partial charge < -0.3 is 10.1 Å². The molecule has 0 fully saturated rings. The van der Waals surface area contributed by atoms with Crippen LogP contribution in [0, 0.1) is 0 Å². The predicted octanol–water partition coefficient (Wildman–Crippen LogP) is 1.65. The number of hydrogen-bond donors (Lipinski definition) is 1. The maximum Gasteiger partial charge on any atom is 0.217 e. The summed E-state index contributed by atoms with van der Waals surface area (Å²) < 4.78 is 5.56. The van der Waals surface area contributed by atoms with Gasteiger partial charge in [0.25, 0.3) is 0 Å². The van der Waals surface area contributed by atoms with Crippen LogP contribution in [0.1, 0.15) is 24.5 Å². The molecule has 0 saturated carbocycles. The summed E-state index contributed by atoms with van der Waals surface area (Å²) in [5.41, 5.74) is 2.36. The molecule has 1 N–H and O–H groups in total. The smallest absolute Gasteiger partial charge is 0.217 e. The highest BCUT2D eigenvalue weighted by Gasteiger charge is 2.10. The third kappa shape index (κ3) is 2.49. The fourth-order valence-electron chi connectivity index (χ4n) is 1.72. The number of ether oxygens (including phenoxy) is 1. The van der Waals surface area contributed by atoms with Crippen LogP contribution < -0.4 is 10.1 Å². The Morgan fingerprint density at radius 1 is 1.53 bits per heavy atom. The van der Waals surface area contributed by atoms with E-state index >= 15 is 0 Å². The minimum absolute atomic E-state index is 0.00589. The molecule has 0 atom stereocenters. The van der Waals surface area contributed by atoms with Crippen molar-refractivity contribution in [3.05, 3.63) is 29.3 Å². The number of fused-ring (bicyclic) bond motifs is 1. The summed E-state index contributed by atoms with van der Waals surface area (Å²) in [6.07, 6.45) is 2.19. The van der Waals surface area contributed by atoms with Crippen molar-refractivity contribution in [2.45, 2.75) is 26.3 Å². The molecule has 0 bridgehead atoms. The zero-order valence-corrected chi connectivity index (χ0v) is 8.88. The van der Waals surface area contributed by atoms with Crippen LogP contribution in [0.3, 0.4) is 0 Å². The molecule has 3 nitrogen and oxygen atoms in total. The van der Waals surface area contributed by atoms with Crippen LogP contribution in [-0.4, -0.2) is 12.5 Å². The molecule has 0 saturated heterocycles. The molecule has 1 aromatic rings. The molecule has 1 amide bonds. The standard InChI is InChI=1S/C12H15NO2/c1-9(14)13-8-10-4-5-11-3-2-6-15-12(11)7-10/h4-5,7H,2-3,6,8H2,1H3,(H,13,14). The van der Waals surface area contributed by atoms with Crippen LogP contribution >= 0.6 is 0 Å². The highest BCUT2D eigenvalue weighted by atomic mass is 16.5. The quantitative estimate of drug-likeness (QED) is 0.797. The van der Waals surface area contributed by atoms with Gasteiger partial charge in [-0.2, -0.15) is 0 Å². The molecule has 0 unspecified atom stereocenters. The molecule has 0 aromatic heterocycles. The molecule has 2 rings (SSSR count). The zero-order chi connectivity index (χ0) is 10.7. The Morgan fingerprint density at radius 3 is 3.20 bits per heavy atom. The number of aryl methyl sites for hydroxylation is 1. The van der Waals surface area contributed by atoms with Gasteiger partial charge in [0, 0.05) is 13.5 Å². The maximum atomic E-state index is 10.8. The molecule has 3 heteroatoms. The summed E-state index contributed by atoms with van der Waals surface area (Å²) in [5.74, 6) is 0.970.